The van der Waals surface area contributed by atoms with Crippen molar-refractivity contribution >= 4 is 29.0 Å². The maximum absolute atomic E-state index is 14.6. The van der Waals surface area contributed by atoms with Crippen molar-refractivity contribution in [1.82, 2.24) is 14.9 Å². The highest BCUT2D eigenvalue weighted by molar-refractivity contribution is 5.80. The van der Waals surface area contributed by atoms with Crippen molar-refractivity contribution in [1.29, 1.82) is 0 Å². The van der Waals surface area contributed by atoms with Crippen molar-refractivity contribution in [2.45, 2.75) is 19.4 Å². The van der Waals surface area contributed by atoms with Crippen LogP contribution in [0, 0.1) is 30.5 Å². The number of nitrogens with zero attached hydrogens (tertiary/aromatic N) is 4. The van der Waals surface area contributed by atoms with Gasteiger partial charge in [-0.05, 0) is 43.9 Å². The number of piperazine rings is 1. The molecule has 9 heteroatoms. The van der Waals surface area contributed by atoms with Crippen molar-refractivity contribution in [3.05, 3.63) is 47.9 Å². The summed E-state index contributed by atoms with van der Waals surface area (Å²) in [6.45, 7) is 5.94. The number of para-hydroxylation sites is 1. The molecule has 2 bridgehead atoms. The number of halogens is 1. The maximum Gasteiger partial charge on any atom is 0.229 e. The molecule has 1 saturated carbocycles. The van der Waals surface area contributed by atoms with Crippen LogP contribution in [0.15, 0.2) is 36.5 Å². The number of likely N-dealkylation sites (N-methyl/N-ethyl adjacent to an activating group) is 1. The molecule has 2 heterocycles. The smallest absolute Gasteiger partial charge is 0.229 e. The molecule has 1 aliphatic heterocycles. The zero-order valence-corrected chi connectivity index (χ0v) is 19.0. The number of carbonyl (C=O) groups excluding carboxylic acids is 1. The fourth-order valence-electron chi connectivity index (χ4n) is 5.42. The number of hydrogen-bond donors (Lipinski definition) is 3. The number of aromatic nitrogens is 2. The topological polar surface area (TPSA) is 99.4 Å². The first kappa shape index (κ1) is 21.6. The van der Waals surface area contributed by atoms with Crippen LogP contribution in [-0.2, 0) is 4.79 Å². The van der Waals surface area contributed by atoms with Crippen molar-refractivity contribution in [3.8, 4) is 0 Å². The predicted molar refractivity (Wildman–Crippen MR) is 127 cm³/mol. The molecular formula is C24H30FN7O. The molecule has 2 fully saturated rings. The molecule has 0 radical (unpaired) electrons. The maximum atomic E-state index is 14.6. The number of nitrogens with two attached hydrogens (primary N) is 1. The van der Waals surface area contributed by atoms with Crippen molar-refractivity contribution in [2.75, 3.05) is 48.8 Å². The Kier molecular flexibility index (Phi) is 5.65. The number of nitrogens with one attached hydrogen (secondary N) is 2. The summed E-state index contributed by atoms with van der Waals surface area (Å²) in [6.07, 6.45) is 6.13. The fraction of sp³-hybridized carbons (Fsp3) is 0.458. The van der Waals surface area contributed by atoms with E-state index < -0.39 is 5.82 Å². The Morgan fingerprint density at radius 1 is 1.18 bits per heavy atom. The molecule has 4 atom stereocenters. The minimum atomic E-state index is -0.556. The van der Waals surface area contributed by atoms with Crippen LogP contribution < -0.4 is 21.3 Å². The van der Waals surface area contributed by atoms with E-state index in [9.17, 15) is 9.18 Å². The molecule has 2 aromatic rings. The molecule has 5 rings (SSSR count). The summed E-state index contributed by atoms with van der Waals surface area (Å²) < 4.78 is 14.6. The van der Waals surface area contributed by atoms with Gasteiger partial charge in [-0.2, -0.15) is 4.98 Å². The minimum absolute atomic E-state index is 0.0819. The van der Waals surface area contributed by atoms with E-state index in [0.717, 1.165) is 55.7 Å². The van der Waals surface area contributed by atoms with E-state index in [4.69, 9.17) is 5.73 Å². The van der Waals surface area contributed by atoms with Gasteiger partial charge in [0.25, 0.3) is 0 Å². The van der Waals surface area contributed by atoms with Crippen molar-refractivity contribution in [2.24, 2.45) is 23.5 Å². The molecule has 8 nitrogen and oxygen atoms in total. The number of rotatable bonds is 6. The second-order valence-corrected chi connectivity index (χ2v) is 9.32. The Labute approximate surface area is 193 Å². The van der Waals surface area contributed by atoms with Gasteiger partial charge in [-0.15, -0.1) is 0 Å². The van der Waals surface area contributed by atoms with Gasteiger partial charge in [-0.1, -0.05) is 24.3 Å². The molecule has 1 aromatic heterocycles. The fourth-order valence-corrected chi connectivity index (χ4v) is 5.42. The SMILES string of the molecule is Cc1cccc(Nc2ncc(F)c(NC3C4C=CC(C4)C3C(N)=O)n2)c1N1CCN(C)CC1. The number of anilines is 4. The molecule has 1 amide bonds. The van der Waals surface area contributed by atoms with Gasteiger partial charge >= 0.3 is 0 Å². The molecule has 174 valence electrons. The van der Waals surface area contributed by atoms with Crippen LogP contribution in [0.4, 0.5) is 27.5 Å². The zero-order chi connectivity index (χ0) is 23.1. The lowest BCUT2D eigenvalue weighted by Crippen LogP contribution is -2.45. The molecule has 2 aliphatic carbocycles. The number of carbonyl (C=O) groups is 1. The van der Waals surface area contributed by atoms with E-state index in [-0.39, 0.29) is 35.5 Å². The summed E-state index contributed by atoms with van der Waals surface area (Å²) in [5.74, 6) is -0.670. The quantitative estimate of drug-likeness (QED) is 0.581. The number of fused-ring (bicyclic) bond motifs is 2. The van der Waals surface area contributed by atoms with Gasteiger partial charge in [0.2, 0.25) is 11.9 Å². The highest BCUT2D eigenvalue weighted by Gasteiger charge is 2.47. The third kappa shape index (κ3) is 4.13. The molecule has 0 spiro atoms. The second kappa shape index (κ2) is 8.62. The molecule has 1 saturated heterocycles. The highest BCUT2D eigenvalue weighted by atomic mass is 19.1. The molecule has 1 aromatic carbocycles. The first-order valence-electron chi connectivity index (χ1n) is 11.5. The van der Waals surface area contributed by atoms with Gasteiger partial charge in [0.15, 0.2) is 11.6 Å². The van der Waals surface area contributed by atoms with Gasteiger partial charge in [0.05, 0.1) is 23.5 Å². The zero-order valence-electron chi connectivity index (χ0n) is 19.0. The number of aryl methyl sites for hydroxylation is 1. The Morgan fingerprint density at radius 3 is 2.70 bits per heavy atom. The van der Waals surface area contributed by atoms with Crippen LogP contribution in [0.2, 0.25) is 0 Å². The third-order valence-corrected chi connectivity index (χ3v) is 7.14. The lowest BCUT2D eigenvalue weighted by molar-refractivity contribution is -0.122. The Morgan fingerprint density at radius 2 is 1.94 bits per heavy atom. The lowest BCUT2D eigenvalue weighted by Gasteiger charge is -2.36. The van der Waals surface area contributed by atoms with Crippen molar-refractivity contribution in [3.63, 3.8) is 0 Å². The largest absolute Gasteiger partial charge is 0.369 e. The van der Waals surface area contributed by atoms with Crippen LogP contribution in [0.1, 0.15) is 12.0 Å². The van der Waals surface area contributed by atoms with Gasteiger partial charge in [0.1, 0.15) is 0 Å². The number of amides is 1. The number of benzene rings is 1. The second-order valence-electron chi connectivity index (χ2n) is 9.32. The van der Waals surface area contributed by atoms with Crippen molar-refractivity contribution < 1.29 is 9.18 Å². The van der Waals surface area contributed by atoms with Gasteiger partial charge in [-0.25, -0.2) is 9.37 Å². The van der Waals surface area contributed by atoms with E-state index >= 15 is 0 Å². The summed E-state index contributed by atoms with van der Waals surface area (Å²) in [5.41, 5.74) is 8.80. The minimum Gasteiger partial charge on any atom is -0.369 e. The average Bonchev–Trinajstić information content (AvgIpc) is 3.39. The van der Waals surface area contributed by atoms with Crippen LogP contribution >= 0.6 is 0 Å². The summed E-state index contributed by atoms with van der Waals surface area (Å²) in [4.78, 5) is 25.3. The first-order valence-corrected chi connectivity index (χ1v) is 11.5. The Bertz CT molecular complexity index is 1080. The van der Waals surface area contributed by atoms with E-state index in [2.05, 4.69) is 56.5 Å². The first-order chi connectivity index (χ1) is 15.9. The summed E-state index contributed by atoms with van der Waals surface area (Å²) in [5, 5.41) is 6.45. The summed E-state index contributed by atoms with van der Waals surface area (Å²) in [7, 11) is 2.13. The Balaban J connectivity index is 1.39. The van der Waals surface area contributed by atoms with E-state index in [1.54, 1.807) is 0 Å². The number of hydrogen-bond acceptors (Lipinski definition) is 7. The molecule has 4 unspecified atom stereocenters. The molecular weight excluding hydrogens is 421 g/mol. The van der Waals surface area contributed by atoms with Crippen LogP contribution in [0.3, 0.4) is 0 Å². The number of primary amides is 1. The van der Waals surface area contributed by atoms with E-state index in [1.165, 1.54) is 0 Å². The van der Waals surface area contributed by atoms with Crippen LogP contribution in [0.25, 0.3) is 0 Å². The summed E-state index contributed by atoms with van der Waals surface area (Å²) in [6, 6.07) is 5.79. The van der Waals surface area contributed by atoms with Gasteiger partial charge < -0.3 is 26.2 Å². The normalized spacial score (nSPS) is 26.6. The van der Waals surface area contributed by atoms with E-state index in [0.29, 0.717) is 5.95 Å². The molecule has 3 aliphatic rings. The lowest BCUT2D eigenvalue weighted by atomic mass is 9.88. The third-order valence-electron chi connectivity index (χ3n) is 7.14. The molecule has 4 N–H and O–H groups in total. The van der Waals surface area contributed by atoms with E-state index in [1.807, 2.05) is 18.2 Å². The number of allylic oxidation sites excluding steroid dienone is 1. The van der Waals surface area contributed by atoms with Crippen LogP contribution in [0.5, 0.6) is 0 Å². The monoisotopic (exact) mass is 451 g/mol. The predicted octanol–water partition coefficient (Wildman–Crippen LogP) is 2.51. The Hall–Kier alpha value is -3.20. The summed E-state index contributed by atoms with van der Waals surface area (Å²) >= 11 is 0. The average molecular weight is 452 g/mol. The van der Waals surface area contributed by atoms with Crippen LogP contribution in [-0.4, -0.2) is 60.0 Å². The molecule has 33 heavy (non-hydrogen) atoms. The van der Waals surface area contributed by atoms with Gasteiger partial charge in [0, 0.05) is 32.2 Å². The van der Waals surface area contributed by atoms with Gasteiger partial charge in [-0.3, -0.25) is 4.79 Å². The standard InChI is InChI=1S/C24H30FN7O/c1-14-4-3-5-18(21(14)32-10-8-31(2)9-11-32)28-24-27-13-17(25)23(30-24)29-20-16-7-6-15(12-16)19(20)22(26)33/h3-7,13,15-16,19-20H,8-12H2,1-2H3,(H2,26,33)(H2,27,28,29,30). The highest BCUT2D eigenvalue weighted by Crippen LogP contribution is 2.45.